The van der Waals surface area contributed by atoms with E-state index in [-0.39, 0.29) is 5.41 Å². The normalized spacial score (nSPS) is 14.7. The van der Waals surface area contributed by atoms with E-state index in [1.54, 1.807) is 0 Å². The van der Waals surface area contributed by atoms with Crippen molar-refractivity contribution in [1.29, 1.82) is 0 Å². The van der Waals surface area contributed by atoms with Gasteiger partial charge in [-0.3, -0.25) is 4.21 Å². The van der Waals surface area contributed by atoms with Gasteiger partial charge in [0.15, 0.2) is 0 Å². The molecule has 3 heteroatoms. The number of hydrogen-bond donors (Lipinski definition) is 1. The van der Waals surface area contributed by atoms with E-state index in [1.165, 1.54) is 0 Å². The van der Waals surface area contributed by atoms with Gasteiger partial charge in [0.25, 0.3) is 0 Å². The summed E-state index contributed by atoms with van der Waals surface area (Å²) in [6.45, 7) is 6.99. The first-order chi connectivity index (χ1) is 5.52. The van der Waals surface area contributed by atoms with Crippen LogP contribution in [0.1, 0.15) is 33.6 Å². The van der Waals surface area contributed by atoms with Gasteiger partial charge in [0.1, 0.15) is 0 Å². The second-order valence-electron chi connectivity index (χ2n) is 3.90. The van der Waals surface area contributed by atoms with Crippen LogP contribution in [0, 0.1) is 5.41 Å². The highest BCUT2D eigenvalue weighted by Crippen LogP contribution is 2.20. The maximum absolute atomic E-state index is 11.1. The third kappa shape index (κ3) is 5.72. The Morgan fingerprint density at radius 1 is 1.42 bits per heavy atom. The zero-order chi connectivity index (χ0) is 9.61. The second-order valence-corrected chi connectivity index (χ2v) is 5.77. The molecule has 0 aliphatic rings. The lowest BCUT2D eigenvalue weighted by Gasteiger charge is -2.21. The third-order valence-corrected chi connectivity index (χ3v) is 3.49. The Morgan fingerprint density at radius 2 is 2.00 bits per heavy atom. The van der Waals surface area contributed by atoms with Crippen LogP contribution in [-0.4, -0.2) is 22.3 Å². The monoisotopic (exact) mass is 191 g/mol. The summed E-state index contributed by atoms with van der Waals surface area (Å²) < 4.78 is 11.1. The lowest BCUT2D eigenvalue weighted by Crippen LogP contribution is -2.23. The maximum atomic E-state index is 11.1. The minimum Gasteiger partial charge on any atom is -0.330 e. The fourth-order valence-corrected chi connectivity index (χ4v) is 1.71. The zero-order valence-corrected chi connectivity index (χ0v) is 9.25. The summed E-state index contributed by atoms with van der Waals surface area (Å²) in [5.74, 6) is 1.61. The van der Waals surface area contributed by atoms with E-state index in [2.05, 4.69) is 13.8 Å². The molecule has 0 rings (SSSR count). The SMILES string of the molecule is CCS(=O)CCCC(C)(C)CN. The summed E-state index contributed by atoms with van der Waals surface area (Å²) >= 11 is 0. The van der Waals surface area contributed by atoms with Gasteiger partial charge < -0.3 is 5.73 Å². The van der Waals surface area contributed by atoms with Gasteiger partial charge in [0.05, 0.1) is 0 Å². The van der Waals surface area contributed by atoms with Gasteiger partial charge in [-0.1, -0.05) is 20.8 Å². The molecule has 12 heavy (non-hydrogen) atoms. The molecule has 0 aromatic heterocycles. The molecule has 0 aromatic carbocycles. The van der Waals surface area contributed by atoms with Crippen molar-refractivity contribution >= 4 is 10.8 Å². The Bertz CT molecular complexity index is 145. The van der Waals surface area contributed by atoms with Crippen LogP contribution in [0.2, 0.25) is 0 Å². The molecule has 0 aliphatic heterocycles. The highest BCUT2D eigenvalue weighted by Gasteiger charge is 2.14. The molecule has 0 aliphatic carbocycles. The van der Waals surface area contributed by atoms with Crippen molar-refractivity contribution < 1.29 is 4.21 Å². The van der Waals surface area contributed by atoms with Crippen LogP contribution in [0.15, 0.2) is 0 Å². The van der Waals surface area contributed by atoms with Crippen molar-refractivity contribution in [3.8, 4) is 0 Å². The fraction of sp³-hybridized carbons (Fsp3) is 1.00. The van der Waals surface area contributed by atoms with E-state index in [0.29, 0.717) is 6.54 Å². The molecule has 0 bridgehead atoms. The van der Waals surface area contributed by atoms with Gasteiger partial charge in [0.2, 0.25) is 0 Å². The van der Waals surface area contributed by atoms with Crippen molar-refractivity contribution in [2.24, 2.45) is 11.1 Å². The smallest absolute Gasteiger partial charge is 0.0234 e. The van der Waals surface area contributed by atoms with Gasteiger partial charge in [-0.05, 0) is 24.8 Å². The van der Waals surface area contributed by atoms with Crippen molar-refractivity contribution in [3.63, 3.8) is 0 Å². The van der Waals surface area contributed by atoms with Crippen LogP contribution < -0.4 is 5.73 Å². The molecule has 1 unspecified atom stereocenters. The Labute approximate surface area is 78.4 Å². The lowest BCUT2D eigenvalue weighted by atomic mass is 9.88. The van der Waals surface area contributed by atoms with Crippen LogP contribution in [0.25, 0.3) is 0 Å². The quantitative estimate of drug-likeness (QED) is 0.691. The van der Waals surface area contributed by atoms with Gasteiger partial charge in [0, 0.05) is 22.3 Å². The van der Waals surface area contributed by atoms with Crippen molar-refractivity contribution in [2.45, 2.75) is 33.6 Å². The molecule has 74 valence electrons. The van der Waals surface area contributed by atoms with Gasteiger partial charge in [-0.2, -0.15) is 0 Å². The molecule has 0 aromatic rings. The largest absolute Gasteiger partial charge is 0.330 e. The van der Waals surface area contributed by atoms with Crippen molar-refractivity contribution in [2.75, 3.05) is 18.1 Å². The van der Waals surface area contributed by atoms with Crippen LogP contribution in [0.5, 0.6) is 0 Å². The van der Waals surface area contributed by atoms with E-state index in [9.17, 15) is 4.21 Å². The summed E-state index contributed by atoms with van der Waals surface area (Å²) in [4.78, 5) is 0. The van der Waals surface area contributed by atoms with Crippen molar-refractivity contribution in [1.82, 2.24) is 0 Å². The molecule has 0 saturated heterocycles. The molecular formula is C9H21NOS. The summed E-state index contributed by atoms with van der Waals surface area (Å²) in [5, 5.41) is 0. The third-order valence-electron chi connectivity index (χ3n) is 2.10. The van der Waals surface area contributed by atoms with Crippen LogP contribution in [0.3, 0.4) is 0 Å². The molecule has 0 heterocycles. The molecule has 0 amide bonds. The predicted molar refractivity (Wildman–Crippen MR) is 55.6 cm³/mol. The Kier molecular flexibility index (Phi) is 5.76. The Balaban J connectivity index is 3.49. The first kappa shape index (κ1) is 12.1. The van der Waals surface area contributed by atoms with Crippen LogP contribution in [0.4, 0.5) is 0 Å². The molecule has 2 nitrogen and oxygen atoms in total. The summed E-state index contributed by atoms with van der Waals surface area (Å²) in [5.41, 5.74) is 5.80. The summed E-state index contributed by atoms with van der Waals surface area (Å²) in [7, 11) is -0.604. The zero-order valence-electron chi connectivity index (χ0n) is 8.43. The van der Waals surface area contributed by atoms with E-state index in [0.717, 1.165) is 24.3 Å². The molecule has 2 N–H and O–H groups in total. The number of hydrogen-bond acceptors (Lipinski definition) is 2. The minimum absolute atomic E-state index is 0.220. The molecule has 0 radical (unpaired) electrons. The standard InChI is InChI=1S/C9H21NOS/c1-4-12(11)7-5-6-9(2,3)8-10/h4-8,10H2,1-3H3. The van der Waals surface area contributed by atoms with E-state index in [1.807, 2.05) is 6.92 Å². The molecule has 0 fully saturated rings. The fourth-order valence-electron chi connectivity index (χ4n) is 0.958. The summed E-state index contributed by atoms with van der Waals surface area (Å²) in [6, 6.07) is 0. The van der Waals surface area contributed by atoms with Crippen LogP contribution in [-0.2, 0) is 10.8 Å². The maximum Gasteiger partial charge on any atom is 0.0234 e. The van der Waals surface area contributed by atoms with E-state index >= 15 is 0 Å². The topological polar surface area (TPSA) is 43.1 Å². The van der Waals surface area contributed by atoms with Crippen molar-refractivity contribution in [3.05, 3.63) is 0 Å². The minimum atomic E-state index is -0.604. The number of nitrogens with two attached hydrogens (primary N) is 1. The van der Waals surface area contributed by atoms with Gasteiger partial charge in [-0.25, -0.2) is 0 Å². The Morgan fingerprint density at radius 3 is 2.42 bits per heavy atom. The Hall–Kier alpha value is 0.110. The average Bonchev–Trinajstić information content (AvgIpc) is 2.04. The van der Waals surface area contributed by atoms with E-state index in [4.69, 9.17) is 5.73 Å². The first-order valence-corrected chi connectivity index (χ1v) is 6.05. The van der Waals surface area contributed by atoms with Gasteiger partial charge >= 0.3 is 0 Å². The van der Waals surface area contributed by atoms with Crippen LogP contribution >= 0.6 is 0 Å². The second kappa shape index (κ2) is 5.70. The molecule has 0 saturated carbocycles. The van der Waals surface area contributed by atoms with Gasteiger partial charge in [-0.15, -0.1) is 0 Å². The highest BCUT2D eigenvalue weighted by molar-refractivity contribution is 7.84. The first-order valence-electron chi connectivity index (χ1n) is 4.57. The number of rotatable bonds is 6. The molecule has 1 atom stereocenters. The average molecular weight is 191 g/mol. The lowest BCUT2D eigenvalue weighted by molar-refractivity contribution is 0.344. The highest BCUT2D eigenvalue weighted by atomic mass is 32.2. The molecule has 0 spiro atoms. The molecular weight excluding hydrogens is 170 g/mol. The van der Waals surface area contributed by atoms with E-state index < -0.39 is 10.8 Å². The summed E-state index contributed by atoms with van der Waals surface area (Å²) in [6.07, 6.45) is 2.11. The predicted octanol–water partition coefficient (Wildman–Crippen LogP) is 1.52.